The molecule has 0 atom stereocenters. The molecule has 0 aliphatic carbocycles. The molecule has 0 bridgehead atoms. The van der Waals surface area contributed by atoms with Crippen molar-refractivity contribution in [2.24, 2.45) is 10.4 Å². The maximum absolute atomic E-state index is 6.13. The van der Waals surface area contributed by atoms with Crippen molar-refractivity contribution in [1.29, 1.82) is 0 Å². The molecule has 1 fully saturated rings. The average Bonchev–Trinajstić information content (AvgIpc) is 2.63. The van der Waals surface area contributed by atoms with Crippen molar-refractivity contribution in [3.63, 3.8) is 0 Å². The van der Waals surface area contributed by atoms with E-state index < -0.39 is 0 Å². The van der Waals surface area contributed by atoms with Crippen LogP contribution in [0, 0.1) is 5.41 Å². The first kappa shape index (κ1) is 16.9. The molecule has 2 aliphatic rings. The number of rotatable bonds is 2. The van der Waals surface area contributed by atoms with Crippen molar-refractivity contribution >= 4 is 34.7 Å². The molecule has 4 rings (SSSR count). The van der Waals surface area contributed by atoms with Gasteiger partial charge in [0.2, 0.25) is 0 Å². The second kappa shape index (κ2) is 6.99. The number of nitrogens with zero attached hydrogens (tertiary/aromatic N) is 1. The maximum Gasteiger partial charge on any atom is 0.108 e. The van der Waals surface area contributed by atoms with Gasteiger partial charge in [-0.25, -0.2) is 0 Å². The van der Waals surface area contributed by atoms with Crippen molar-refractivity contribution < 1.29 is 4.74 Å². The highest BCUT2D eigenvalue weighted by molar-refractivity contribution is 6.42. The number of hydrogen-bond donors (Lipinski definition) is 1. The summed E-state index contributed by atoms with van der Waals surface area (Å²) >= 11 is 12.1. The van der Waals surface area contributed by atoms with Gasteiger partial charge in [-0.15, -0.1) is 0 Å². The van der Waals surface area contributed by atoms with Gasteiger partial charge in [-0.1, -0.05) is 47.5 Å². The minimum absolute atomic E-state index is 0.0445. The van der Waals surface area contributed by atoms with E-state index in [1.165, 1.54) is 5.56 Å². The van der Waals surface area contributed by atoms with Crippen LogP contribution in [0.4, 0.5) is 5.69 Å². The number of hydrogen-bond acceptors (Lipinski definition) is 2. The molecule has 5 heteroatoms. The molecule has 130 valence electrons. The lowest BCUT2D eigenvalue weighted by atomic mass is 9.71. The van der Waals surface area contributed by atoms with E-state index in [1.54, 1.807) is 0 Å². The summed E-state index contributed by atoms with van der Waals surface area (Å²) < 4.78 is 5.61. The van der Waals surface area contributed by atoms with E-state index in [1.807, 2.05) is 18.2 Å². The maximum atomic E-state index is 6.13. The quantitative estimate of drug-likeness (QED) is 0.767. The van der Waals surface area contributed by atoms with E-state index >= 15 is 0 Å². The van der Waals surface area contributed by atoms with Crippen LogP contribution in [0.1, 0.15) is 24.0 Å². The number of ether oxygens (including phenoxy) is 1. The largest absolute Gasteiger partial charge is 0.381 e. The lowest BCUT2D eigenvalue weighted by Gasteiger charge is -2.42. The monoisotopic (exact) mass is 374 g/mol. The van der Waals surface area contributed by atoms with Gasteiger partial charge in [0.25, 0.3) is 0 Å². The summed E-state index contributed by atoms with van der Waals surface area (Å²) in [5.74, 6) is 1.07. The SMILES string of the molecule is Clc1ccc(CN=C2Nc3ccccc3CC23CCOCC3)cc1Cl. The second-order valence-corrected chi connectivity index (χ2v) is 7.58. The van der Waals surface area contributed by atoms with E-state index in [0.29, 0.717) is 16.6 Å². The zero-order valence-electron chi connectivity index (χ0n) is 13.9. The lowest BCUT2D eigenvalue weighted by Crippen LogP contribution is -2.45. The first-order valence-corrected chi connectivity index (χ1v) is 9.33. The van der Waals surface area contributed by atoms with Crippen LogP contribution in [0.5, 0.6) is 0 Å². The fourth-order valence-corrected chi connectivity index (χ4v) is 4.02. The molecule has 2 aromatic carbocycles. The molecule has 0 radical (unpaired) electrons. The van der Waals surface area contributed by atoms with E-state index in [2.05, 4.69) is 29.6 Å². The van der Waals surface area contributed by atoms with Gasteiger partial charge < -0.3 is 10.1 Å². The average molecular weight is 375 g/mol. The van der Waals surface area contributed by atoms with Crippen LogP contribution in [-0.4, -0.2) is 19.0 Å². The Balaban J connectivity index is 1.66. The van der Waals surface area contributed by atoms with Crippen molar-refractivity contribution in [3.8, 4) is 0 Å². The third-order valence-electron chi connectivity index (χ3n) is 5.16. The van der Waals surface area contributed by atoms with E-state index in [9.17, 15) is 0 Å². The van der Waals surface area contributed by atoms with E-state index in [-0.39, 0.29) is 5.41 Å². The zero-order valence-corrected chi connectivity index (χ0v) is 15.4. The topological polar surface area (TPSA) is 33.6 Å². The fraction of sp³-hybridized carbons (Fsp3) is 0.350. The van der Waals surface area contributed by atoms with Gasteiger partial charge in [-0.05, 0) is 48.6 Å². The Hall–Kier alpha value is -1.55. The summed E-state index contributed by atoms with van der Waals surface area (Å²) in [4.78, 5) is 4.95. The molecule has 1 saturated heterocycles. The highest BCUT2D eigenvalue weighted by Gasteiger charge is 2.41. The molecule has 3 nitrogen and oxygen atoms in total. The van der Waals surface area contributed by atoms with Gasteiger partial charge in [-0.3, -0.25) is 4.99 Å². The number of para-hydroxylation sites is 1. The molecule has 0 saturated carbocycles. The normalized spacial score (nSPS) is 20.3. The number of aliphatic imine (C=N–C) groups is 1. The molecule has 0 amide bonds. The van der Waals surface area contributed by atoms with Gasteiger partial charge in [0.1, 0.15) is 5.84 Å². The molecular formula is C20H20Cl2N2O. The molecule has 1 N–H and O–H groups in total. The summed E-state index contributed by atoms with van der Waals surface area (Å²) in [5.41, 5.74) is 3.62. The number of fused-ring (bicyclic) bond motifs is 1. The zero-order chi connectivity index (χ0) is 17.3. The van der Waals surface area contributed by atoms with Gasteiger partial charge in [0, 0.05) is 24.3 Å². The van der Waals surface area contributed by atoms with Crippen LogP contribution in [0.2, 0.25) is 10.0 Å². The summed E-state index contributed by atoms with van der Waals surface area (Å²) in [6, 6.07) is 14.2. The minimum Gasteiger partial charge on any atom is -0.381 e. The molecule has 0 aromatic heterocycles. The Kier molecular flexibility index (Phi) is 4.72. The number of anilines is 1. The van der Waals surface area contributed by atoms with Crippen molar-refractivity contribution in [1.82, 2.24) is 0 Å². The summed E-state index contributed by atoms with van der Waals surface area (Å²) in [6.07, 6.45) is 3.00. The summed E-state index contributed by atoms with van der Waals surface area (Å²) in [7, 11) is 0. The number of amidine groups is 1. The van der Waals surface area contributed by atoms with Gasteiger partial charge >= 0.3 is 0 Å². The van der Waals surface area contributed by atoms with E-state index in [0.717, 1.165) is 49.6 Å². The first-order valence-electron chi connectivity index (χ1n) is 8.58. The predicted octanol–water partition coefficient (Wildman–Crippen LogP) is 5.36. The summed E-state index contributed by atoms with van der Waals surface area (Å²) in [6.45, 7) is 2.16. The van der Waals surface area contributed by atoms with Crippen molar-refractivity contribution in [3.05, 3.63) is 63.6 Å². The predicted molar refractivity (Wildman–Crippen MR) is 104 cm³/mol. The number of halogens is 2. The van der Waals surface area contributed by atoms with Crippen molar-refractivity contribution in [2.45, 2.75) is 25.8 Å². The molecule has 2 aromatic rings. The number of benzene rings is 2. The molecule has 0 unspecified atom stereocenters. The molecular weight excluding hydrogens is 355 g/mol. The van der Waals surface area contributed by atoms with Crippen LogP contribution >= 0.6 is 23.2 Å². The van der Waals surface area contributed by atoms with E-state index in [4.69, 9.17) is 32.9 Å². The van der Waals surface area contributed by atoms with Crippen LogP contribution < -0.4 is 5.32 Å². The minimum atomic E-state index is 0.0445. The second-order valence-electron chi connectivity index (χ2n) is 6.76. The van der Waals surface area contributed by atoms with Crippen LogP contribution in [0.3, 0.4) is 0 Å². The van der Waals surface area contributed by atoms with Crippen LogP contribution in [0.25, 0.3) is 0 Å². The van der Waals surface area contributed by atoms with Gasteiger partial charge in [0.15, 0.2) is 0 Å². The molecule has 25 heavy (non-hydrogen) atoms. The summed E-state index contributed by atoms with van der Waals surface area (Å²) in [5, 5.41) is 4.73. The number of nitrogens with one attached hydrogen (secondary N) is 1. The Bertz CT molecular complexity index is 813. The van der Waals surface area contributed by atoms with Crippen LogP contribution in [0.15, 0.2) is 47.5 Å². The van der Waals surface area contributed by atoms with Gasteiger partial charge in [-0.2, -0.15) is 0 Å². The molecule has 2 aliphatic heterocycles. The first-order chi connectivity index (χ1) is 12.2. The van der Waals surface area contributed by atoms with Gasteiger partial charge in [0.05, 0.1) is 16.6 Å². The third kappa shape index (κ3) is 3.41. The fourth-order valence-electron chi connectivity index (χ4n) is 3.70. The highest BCUT2D eigenvalue weighted by atomic mass is 35.5. The third-order valence-corrected chi connectivity index (χ3v) is 5.89. The molecule has 1 spiro atoms. The smallest absolute Gasteiger partial charge is 0.108 e. The molecule has 2 heterocycles. The Morgan fingerprint density at radius 3 is 2.64 bits per heavy atom. The lowest BCUT2D eigenvalue weighted by molar-refractivity contribution is 0.0448. The highest BCUT2D eigenvalue weighted by Crippen LogP contribution is 2.41. The Morgan fingerprint density at radius 1 is 1.04 bits per heavy atom. The Labute approximate surface area is 158 Å². The van der Waals surface area contributed by atoms with Crippen molar-refractivity contribution in [2.75, 3.05) is 18.5 Å². The standard InChI is InChI=1S/C20H20Cl2N2O/c21-16-6-5-14(11-17(16)22)13-23-19-20(7-9-25-10-8-20)12-15-3-1-2-4-18(15)24-19/h1-6,11H,7-10,12-13H2,(H,23,24). The van der Waals surface area contributed by atoms with Crippen LogP contribution in [-0.2, 0) is 17.7 Å². The Morgan fingerprint density at radius 2 is 1.84 bits per heavy atom.